The fourth-order valence-corrected chi connectivity index (χ4v) is 0.639. The summed E-state index contributed by atoms with van der Waals surface area (Å²) in [5.41, 5.74) is 0. The Hall–Kier alpha value is -0.970. The van der Waals surface area contributed by atoms with Gasteiger partial charge < -0.3 is 4.74 Å². The first-order valence-electron chi connectivity index (χ1n) is 3.75. The maximum Gasteiger partial charge on any atom is 0.425 e. The summed E-state index contributed by atoms with van der Waals surface area (Å²) in [6.45, 7) is -2.16. The average molecular weight is 235 g/mol. The molecule has 15 heavy (non-hydrogen) atoms. The van der Waals surface area contributed by atoms with Crippen LogP contribution >= 0.6 is 0 Å². The number of ether oxygens (including phenoxy) is 1. The van der Waals surface area contributed by atoms with E-state index < -0.39 is 31.5 Å². The summed E-state index contributed by atoms with van der Waals surface area (Å²) < 4.78 is 75.8. The molecule has 1 atom stereocenters. The van der Waals surface area contributed by atoms with Crippen molar-refractivity contribution in [3.05, 3.63) is 0 Å². The Bertz CT molecular complexity index is 233. The quantitative estimate of drug-likeness (QED) is 0.541. The van der Waals surface area contributed by atoms with Gasteiger partial charge in [-0.2, -0.15) is 18.4 Å². The molecule has 0 fully saturated rings. The zero-order chi connectivity index (χ0) is 12.1. The van der Waals surface area contributed by atoms with E-state index in [1.165, 1.54) is 6.07 Å². The lowest BCUT2D eigenvalue weighted by atomic mass is 10.2. The molecule has 0 spiro atoms. The first-order valence-corrected chi connectivity index (χ1v) is 3.75. The van der Waals surface area contributed by atoms with E-state index in [9.17, 15) is 26.3 Å². The average Bonchev–Trinajstić information content (AvgIpc) is 2.10. The van der Waals surface area contributed by atoms with Crippen LogP contribution in [0.1, 0.15) is 6.42 Å². The molecule has 0 saturated carbocycles. The lowest BCUT2D eigenvalue weighted by Gasteiger charge is -2.22. The maximum atomic E-state index is 12.4. The second kappa shape index (κ2) is 5.21. The van der Waals surface area contributed by atoms with Crippen molar-refractivity contribution >= 4 is 0 Å². The number of alkyl halides is 6. The molecule has 2 nitrogen and oxygen atoms in total. The molecule has 0 bridgehead atoms. The van der Waals surface area contributed by atoms with Crippen LogP contribution in [-0.2, 0) is 4.74 Å². The molecule has 0 heterocycles. The minimum atomic E-state index is -5.62. The summed E-state index contributed by atoms with van der Waals surface area (Å²) in [6.07, 6.45) is -10.1. The van der Waals surface area contributed by atoms with Gasteiger partial charge >= 0.3 is 12.1 Å². The van der Waals surface area contributed by atoms with Crippen LogP contribution in [0.2, 0.25) is 0 Å². The highest BCUT2D eigenvalue weighted by Gasteiger charge is 2.56. The second-order valence-electron chi connectivity index (χ2n) is 2.63. The molecule has 0 aromatic carbocycles. The maximum absolute atomic E-state index is 12.4. The monoisotopic (exact) mass is 235 g/mol. The van der Waals surface area contributed by atoms with Gasteiger partial charge in [-0.05, 0) is 0 Å². The highest BCUT2D eigenvalue weighted by molar-refractivity contribution is 4.82. The summed E-state index contributed by atoms with van der Waals surface area (Å²) in [7, 11) is 0. The summed E-state index contributed by atoms with van der Waals surface area (Å²) in [6, 6.07) is 1.53. The molecule has 88 valence electrons. The summed E-state index contributed by atoms with van der Waals surface area (Å²) in [4.78, 5) is 0. The summed E-state index contributed by atoms with van der Waals surface area (Å²) >= 11 is 0. The Morgan fingerprint density at radius 1 is 1.20 bits per heavy atom. The van der Waals surface area contributed by atoms with Crippen LogP contribution in [0.3, 0.4) is 0 Å². The van der Waals surface area contributed by atoms with E-state index in [2.05, 4.69) is 4.74 Å². The predicted octanol–water partition coefficient (Wildman–Crippen LogP) is 2.45. The first-order chi connectivity index (χ1) is 6.72. The number of nitriles is 1. The van der Waals surface area contributed by atoms with Gasteiger partial charge in [-0.1, -0.05) is 0 Å². The van der Waals surface area contributed by atoms with Gasteiger partial charge in [0, 0.05) is 0 Å². The summed E-state index contributed by atoms with van der Waals surface area (Å²) in [5.74, 6) is -4.63. The van der Waals surface area contributed by atoms with Crippen molar-refractivity contribution in [1.82, 2.24) is 0 Å². The van der Waals surface area contributed by atoms with Crippen LogP contribution in [0, 0.1) is 11.3 Å². The second-order valence-corrected chi connectivity index (χ2v) is 2.63. The minimum Gasteiger partial charge on any atom is -0.374 e. The molecule has 0 amide bonds. The van der Waals surface area contributed by atoms with Crippen molar-refractivity contribution in [3.63, 3.8) is 0 Å². The molecule has 0 radical (unpaired) electrons. The van der Waals surface area contributed by atoms with Gasteiger partial charge in [-0.15, -0.1) is 0 Å². The van der Waals surface area contributed by atoms with E-state index >= 15 is 0 Å². The third-order valence-corrected chi connectivity index (χ3v) is 1.31. The molecule has 0 aliphatic carbocycles. The third kappa shape index (κ3) is 4.88. The fourth-order valence-electron chi connectivity index (χ4n) is 0.639. The molecule has 0 aromatic heterocycles. The number of hydrogen-bond donors (Lipinski definition) is 0. The molecular weight excluding hydrogens is 228 g/mol. The number of rotatable bonds is 5. The topological polar surface area (TPSA) is 33.0 Å². The van der Waals surface area contributed by atoms with E-state index in [0.29, 0.717) is 0 Å². The largest absolute Gasteiger partial charge is 0.425 e. The zero-order valence-electron chi connectivity index (χ0n) is 7.32. The fraction of sp³-hybridized carbons (Fsp3) is 0.857. The van der Waals surface area contributed by atoms with Crippen molar-refractivity contribution in [1.29, 1.82) is 5.26 Å². The molecular formula is C7H7F6NO. The zero-order valence-corrected chi connectivity index (χ0v) is 7.32. The van der Waals surface area contributed by atoms with Crippen molar-refractivity contribution < 1.29 is 31.1 Å². The predicted molar refractivity (Wildman–Crippen MR) is 36.9 cm³/mol. The van der Waals surface area contributed by atoms with Gasteiger partial charge in [0.15, 0.2) is 0 Å². The number of hydrogen-bond acceptors (Lipinski definition) is 2. The van der Waals surface area contributed by atoms with Crippen LogP contribution < -0.4 is 0 Å². The molecule has 0 aliphatic heterocycles. The Balaban J connectivity index is 4.12. The van der Waals surface area contributed by atoms with E-state index in [4.69, 9.17) is 5.26 Å². The van der Waals surface area contributed by atoms with Gasteiger partial charge in [0.25, 0.3) is 6.17 Å². The molecule has 0 rings (SSSR count). The van der Waals surface area contributed by atoms with E-state index in [1.54, 1.807) is 0 Å². The standard InChI is InChI=1S/C7H7F6NO/c8-5(7(11,12)13)6(9,10)4-15-3-1-2-14/h5H,1,3-4H2. The van der Waals surface area contributed by atoms with Crippen LogP contribution in [0.4, 0.5) is 26.3 Å². The van der Waals surface area contributed by atoms with Gasteiger partial charge in [0.1, 0.15) is 6.61 Å². The van der Waals surface area contributed by atoms with E-state index in [-0.39, 0.29) is 6.42 Å². The molecule has 1 unspecified atom stereocenters. The Kier molecular flexibility index (Phi) is 4.87. The van der Waals surface area contributed by atoms with Gasteiger partial charge in [0.05, 0.1) is 19.1 Å². The lowest BCUT2D eigenvalue weighted by molar-refractivity contribution is -0.255. The van der Waals surface area contributed by atoms with Gasteiger partial charge in [0.2, 0.25) is 0 Å². The van der Waals surface area contributed by atoms with Crippen LogP contribution in [-0.4, -0.2) is 31.5 Å². The van der Waals surface area contributed by atoms with Gasteiger partial charge in [-0.25, -0.2) is 13.2 Å². The first kappa shape index (κ1) is 14.0. The van der Waals surface area contributed by atoms with Crippen molar-refractivity contribution in [2.24, 2.45) is 0 Å². The van der Waals surface area contributed by atoms with E-state index in [0.717, 1.165) is 0 Å². The van der Waals surface area contributed by atoms with E-state index in [1.807, 2.05) is 0 Å². The van der Waals surface area contributed by atoms with Gasteiger partial charge in [-0.3, -0.25) is 0 Å². The van der Waals surface area contributed by atoms with Crippen molar-refractivity contribution in [3.8, 4) is 6.07 Å². The van der Waals surface area contributed by atoms with Crippen LogP contribution in [0.5, 0.6) is 0 Å². The highest BCUT2D eigenvalue weighted by Crippen LogP contribution is 2.34. The minimum absolute atomic E-state index is 0.251. The molecule has 0 aliphatic rings. The number of nitrogens with zero attached hydrogens (tertiary/aromatic N) is 1. The molecule has 0 N–H and O–H groups in total. The SMILES string of the molecule is N#CCCOCC(F)(F)C(F)C(F)(F)F. The lowest BCUT2D eigenvalue weighted by Crippen LogP contribution is -2.44. The highest BCUT2D eigenvalue weighted by atomic mass is 19.4. The summed E-state index contributed by atoms with van der Waals surface area (Å²) in [5, 5.41) is 7.96. The Morgan fingerprint density at radius 3 is 2.13 bits per heavy atom. The number of halogens is 6. The normalized spacial score (nSPS) is 14.7. The Morgan fingerprint density at radius 2 is 1.73 bits per heavy atom. The van der Waals surface area contributed by atoms with Crippen molar-refractivity contribution in [2.45, 2.75) is 24.7 Å². The van der Waals surface area contributed by atoms with Crippen molar-refractivity contribution in [2.75, 3.05) is 13.2 Å². The molecule has 8 heteroatoms. The van der Waals surface area contributed by atoms with Crippen LogP contribution in [0.25, 0.3) is 0 Å². The smallest absolute Gasteiger partial charge is 0.374 e. The molecule has 0 saturated heterocycles. The third-order valence-electron chi connectivity index (χ3n) is 1.31. The molecule has 0 aromatic rings. The van der Waals surface area contributed by atoms with Crippen LogP contribution in [0.15, 0.2) is 0 Å². The Labute approximate surface area is 81.4 Å².